The highest BCUT2D eigenvalue weighted by Crippen LogP contribution is 2.36. The van der Waals surface area contributed by atoms with Gasteiger partial charge in [0.05, 0.1) is 36.6 Å². The molecule has 1 heterocycles. The molecule has 31 heavy (non-hydrogen) atoms. The third-order valence-corrected chi connectivity index (χ3v) is 4.60. The molecule has 2 aromatic carbocycles. The first kappa shape index (κ1) is 22.2. The molecule has 3 rings (SSSR count). The summed E-state index contributed by atoms with van der Waals surface area (Å²) in [6, 6.07) is 13.5. The van der Waals surface area contributed by atoms with Crippen molar-refractivity contribution in [1.82, 2.24) is 10.6 Å². The maximum atomic E-state index is 13.1. The fourth-order valence-electron chi connectivity index (χ4n) is 3.39. The van der Waals surface area contributed by atoms with Crippen molar-refractivity contribution in [3.05, 3.63) is 65.2 Å². The average molecular weight is 424 g/mol. The van der Waals surface area contributed by atoms with E-state index in [9.17, 15) is 9.59 Å². The summed E-state index contributed by atoms with van der Waals surface area (Å²) in [5.74, 6) is 0.651. The molecule has 7 nitrogen and oxygen atoms in total. The van der Waals surface area contributed by atoms with Gasteiger partial charge in [0.2, 0.25) is 0 Å². The van der Waals surface area contributed by atoms with Gasteiger partial charge in [-0.15, -0.1) is 0 Å². The van der Waals surface area contributed by atoms with Crippen molar-refractivity contribution in [3.8, 4) is 11.5 Å². The van der Waals surface area contributed by atoms with Crippen LogP contribution >= 0.6 is 0 Å². The van der Waals surface area contributed by atoms with Crippen molar-refractivity contribution in [2.75, 3.05) is 13.2 Å². The summed E-state index contributed by atoms with van der Waals surface area (Å²) in [6.07, 6.45) is -0.311. The molecule has 0 saturated heterocycles. The molecular weight excluding hydrogens is 396 g/mol. The van der Waals surface area contributed by atoms with Crippen LogP contribution in [0.4, 0.5) is 4.79 Å². The number of carbonyl (C=O) groups excluding carboxylic acids is 2. The van der Waals surface area contributed by atoms with Gasteiger partial charge in [-0.25, -0.2) is 9.59 Å². The number of nitrogens with one attached hydrogen (secondary N) is 2. The Balaban J connectivity index is 2.15. The predicted molar refractivity (Wildman–Crippen MR) is 118 cm³/mol. The van der Waals surface area contributed by atoms with Gasteiger partial charge >= 0.3 is 12.0 Å². The Bertz CT molecular complexity index is 969. The molecule has 2 N–H and O–H groups in total. The summed E-state index contributed by atoms with van der Waals surface area (Å²) < 4.78 is 16.9. The van der Waals surface area contributed by atoms with Gasteiger partial charge in [-0.05, 0) is 51.0 Å². The second kappa shape index (κ2) is 10.0. The Morgan fingerprint density at radius 3 is 2.32 bits per heavy atom. The van der Waals surface area contributed by atoms with E-state index in [1.165, 1.54) is 0 Å². The molecule has 0 radical (unpaired) electrons. The Morgan fingerprint density at radius 1 is 1.00 bits per heavy atom. The van der Waals surface area contributed by atoms with Gasteiger partial charge in [-0.1, -0.05) is 36.4 Å². The van der Waals surface area contributed by atoms with Crippen molar-refractivity contribution in [3.63, 3.8) is 0 Å². The van der Waals surface area contributed by atoms with Crippen molar-refractivity contribution in [2.45, 2.75) is 39.8 Å². The van der Waals surface area contributed by atoms with Crippen LogP contribution in [0.5, 0.6) is 11.5 Å². The van der Waals surface area contributed by atoms with Crippen molar-refractivity contribution in [2.24, 2.45) is 0 Å². The minimum atomic E-state index is -0.718. The van der Waals surface area contributed by atoms with Gasteiger partial charge in [0, 0.05) is 0 Å². The highest BCUT2D eigenvalue weighted by Gasteiger charge is 2.35. The lowest BCUT2D eigenvalue weighted by Crippen LogP contribution is -2.45. The Labute approximate surface area is 182 Å². The van der Waals surface area contributed by atoms with Gasteiger partial charge in [-0.3, -0.25) is 0 Å². The number of hydrogen-bond acceptors (Lipinski definition) is 5. The van der Waals surface area contributed by atoms with E-state index < -0.39 is 18.0 Å². The molecular formula is C24H28N2O5. The summed E-state index contributed by atoms with van der Waals surface area (Å²) in [7, 11) is 0. The molecule has 0 aromatic heterocycles. The Kier molecular flexibility index (Phi) is 7.18. The molecule has 164 valence electrons. The zero-order valence-electron chi connectivity index (χ0n) is 18.2. The third kappa shape index (κ3) is 5.17. The van der Waals surface area contributed by atoms with E-state index in [1.54, 1.807) is 26.0 Å². The molecule has 1 aliphatic heterocycles. The molecule has 1 aliphatic rings. The number of rotatable bonds is 8. The number of hydrogen-bond donors (Lipinski definition) is 2. The van der Waals surface area contributed by atoms with Crippen molar-refractivity contribution >= 4 is 17.7 Å². The summed E-state index contributed by atoms with van der Waals surface area (Å²) in [5, 5.41) is 5.63. The minimum absolute atomic E-state index is 0.311. The lowest BCUT2D eigenvalue weighted by atomic mass is 9.92. The average Bonchev–Trinajstić information content (AvgIpc) is 2.74. The number of amides is 2. The fourth-order valence-corrected chi connectivity index (χ4v) is 3.39. The number of urea groups is 1. The van der Waals surface area contributed by atoms with Crippen LogP contribution in [0.2, 0.25) is 0 Å². The quantitative estimate of drug-likeness (QED) is 0.621. The number of esters is 1. The standard InChI is InChI=1S/C24H28N2O5/c1-5-29-18-13-12-17(14-19(18)30-6-2)22-20(23(27)31-15(3)4)21(25-24(28)26-22)16-10-8-7-9-11-16/h7-15,22H,5-6H2,1-4H3,(H2,25,26,28). The molecule has 1 atom stereocenters. The van der Waals surface area contributed by atoms with Crippen LogP contribution in [0.15, 0.2) is 54.1 Å². The van der Waals surface area contributed by atoms with Crippen LogP contribution in [0.3, 0.4) is 0 Å². The Morgan fingerprint density at radius 2 is 1.68 bits per heavy atom. The lowest BCUT2D eigenvalue weighted by molar-refractivity contribution is -0.143. The number of ether oxygens (including phenoxy) is 3. The van der Waals surface area contributed by atoms with Crippen molar-refractivity contribution < 1.29 is 23.8 Å². The zero-order chi connectivity index (χ0) is 22.4. The topological polar surface area (TPSA) is 85.9 Å². The van der Waals surface area contributed by atoms with Crippen molar-refractivity contribution in [1.29, 1.82) is 0 Å². The first-order chi connectivity index (χ1) is 14.9. The molecule has 7 heteroatoms. The maximum absolute atomic E-state index is 13.1. The lowest BCUT2D eigenvalue weighted by Gasteiger charge is -2.30. The predicted octanol–water partition coefficient (Wildman–Crippen LogP) is 4.20. The smallest absolute Gasteiger partial charge is 0.338 e. The number of carbonyl (C=O) groups is 2. The highest BCUT2D eigenvalue weighted by molar-refractivity contribution is 6.04. The molecule has 0 aliphatic carbocycles. The molecule has 2 amide bonds. The molecule has 1 unspecified atom stereocenters. The van der Waals surface area contributed by atoms with Crippen LogP contribution in [0.1, 0.15) is 44.9 Å². The van der Waals surface area contributed by atoms with Gasteiger partial charge < -0.3 is 24.8 Å². The van der Waals surface area contributed by atoms with E-state index in [0.717, 1.165) is 0 Å². The Hall–Kier alpha value is -3.48. The van der Waals surface area contributed by atoms with Crippen LogP contribution in [0, 0.1) is 0 Å². The van der Waals surface area contributed by atoms with Gasteiger partial charge in [0.25, 0.3) is 0 Å². The molecule has 2 aromatic rings. The largest absolute Gasteiger partial charge is 0.490 e. The monoisotopic (exact) mass is 424 g/mol. The zero-order valence-corrected chi connectivity index (χ0v) is 18.2. The first-order valence-electron chi connectivity index (χ1n) is 10.4. The van der Waals surface area contributed by atoms with E-state index in [0.29, 0.717) is 47.1 Å². The van der Waals surface area contributed by atoms with Gasteiger partial charge in [0.1, 0.15) is 0 Å². The fraction of sp³-hybridized carbons (Fsp3) is 0.333. The molecule has 0 saturated carbocycles. The molecule has 0 fully saturated rings. The normalized spacial score (nSPS) is 15.9. The van der Waals surface area contributed by atoms with Gasteiger partial charge in [-0.2, -0.15) is 0 Å². The summed E-state index contributed by atoms with van der Waals surface area (Å²) >= 11 is 0. The van der Waals surface area contributed by atoms with E-state index >= 15 is 0 Å². The van der Waals surface area contributed by atoms with E-state index in [4.69, 9.17) is 14.2 Å². The van der Waals surface area contributed by atoms with Gasteiger partial charge in [0.15, 0.2) is 11.5 Å². The number of benzene rings is 2. The second-order valence-electron chi connectivity index (χ2n) is 7.21. The summed E-state index contributed by atoms with van der Waals surface area (Å²) in [5.41, 5.74) is 2.15. The van der Waals surface area contributed by atoms with Crippen LogP contribution in [-0.2, 0) is 9.53 Å². The second-order valence-corrected chi connectivity index (χ2v) is 7.21. The molecule has 0 spiro atoms. The van der Waals surface area contributed by atoms with E-state index in [-0.39, 0.29) is 6.10 Å². The maximum Gasteiger partial charge on any atom is 0.338 e. The highest BCUT2D eigenvalue weighted by atomic mass is 16.5. The van der Waals surface area contributed by atoms with Crippen LogP contribution in [0.25, 0.3) is 5.70 Å². The van der Waals surface area contributed by atoms with Crippen LogP contribution in [-0.4, -0.2) is 31.3 Å². The SMILES string of the molecule is CCOc1ccc(C2NC(=O)NC(c3ccccc3)=C2C(=O)OC(C)C)cc1OCC. The molecule has 0 bridgehead atoms. The van der Waals surface area contributed by atoms with E-state index in [2.05, 4.69) is 10.6 Å². The summed E-state index contributed by atoms with van der Waals surface area (Å²) in [6.45, 7) is 8.30. The minimum Gasteiger partial charge on any atom is -0.490 e. The van der Waals surface area contributed by atoms with Crippen LogP contribution < -0.4 is 20.1 Å². The first-order valence-corrected chi connectivity index (χ1v) is 10.4. The third-order valence-electron chi connectivity index (χ3n) is 4.60. The van der Waals surface area contributed by atoms with E-state index in [1.807, 2.05) is 50.2 Å². The summed E-state index contributed by atoms with van der Waals surface area (Å²) in [4.78, 5) is 25.7.